The summed E-state index contributed by atoms with van der Waals surface area (Å²) in [6.07, 6.45) is 0. The minimum atomic E-state index is -0.0774. The summed E-state index contributed by atoms with van der Waals surface area (Å²) in [5, 5.41) is 5.13. The van der Waals surface area contributed by atoms with E-state index >= 15 is 0 Å². The van der Waals surface area contributed by atoms with Gasteiger partial charge in [0.15, 0.2) is 0 Å². The molecular formula is C21H21IN2O. The minimum Gasteiger partial charge on any atom is -0.372 e. The second kappa shape index (κ2) is 7.87. The largest absolute Gasteiger partial charge is 0.372 e. The number of nitrogens with one attached hydrogen (secondary N) is 1. The van der Waals surface area contributed by atoms with Crippen LogP contribution in [0.2, 0.25) is 0 Å². The Balaban J connectivity index is 1.94. The second-order valence-electron chi connectivity index (χ2n) is 5.82. The highest BCUT2D eigenvalue weighted by Gasteiger charge is 2.13. The lowest BCUT2D eigenvalue weighted by Gasteiger charge is -2.22. The lowest BCUT2D eigenvalue weighted by atomic mass is 10.0. The highest BCUT2D eigenvalue weighted by Crippen LogP contribution is 2.27. The molecule has 0 aliphatic heterocycles. The molecule has 128 valence electrons. The van der Waals surface area contributed by atoms with Crippen molar-refractivity contribution in [2.24, 2.45) is 0 Å². The first kappa shape index (κ1) is 17.7. The van der Waals surface area contributed by atoms with Crippen molar-refractivity contribution in [3.63, 3.8) is 0 Å². The third kappa shape index (κ3) is 3.79. The topological polar surface area (TPSA) is 32.3 Å². The van der Waals surface area contributed by atoms with E-state index in [0.717, 1.165) is 38.8 Å². The van der Waals surface area contributed by atoms with Crippen LogP contribution in [0.25, 0.3) is 10.8 Å². The van der Waals surface area contributed by atoms with Gasteiger partial charge in [-0.2, -0.15) is 0 Å². The average molecular weight is 444 g/mol. The van der Waals surface area contributed by atoms with Crippen LogP contribution < -0.4 is 10.2 Å². The fourth-order valence-corrected chi connectivity index (χ4v) is 3.48. The van der Waals surface area contributed by atoms with Gasteiger partial charge in [0.25, 0.3) is 5.91 Å². The Kier molecular flexibility index (Phi) is 5.58. The Morgan fingerprint density at radius 3 is 2.48 bits per heavy atom. The quantitative estimate of drug-likeness (QED) is 0.524. The monoisotopic (exact) mass is 444 g/mol. The van der Waals surface area contributed by atoms with Crippen molar-refractivity contribution in [3.8, 4) is 0 Å². The van der Waals surface area contributed by atoms with Gasteiger partial charge < -0.3 is 10.2 Å². The van der Waals surface area contributed by atoms with Crippen molar-refractivity contribution in [3.05, 3.63) is 69.8 Å². The Labute approximate surface area is 162 Å². The van der Waals surface area contributed by atoms with Crippen molar-refractivity contribution in [2.45, 2.75) is 13.8 Å². The molecule has 1 amide bonds. The molecule has 0 spiro atoms. The smallest absolute Gasteiger partial charge is 0.256 e. The zero-order valence-corrected chi connectivity index (χ0v) is 16.6. The number of hydrogen-bond donors (Lipinski definition) is 1. The van der Waals surface area contributed by atoms with Crippen LogP contribution in [0.4, 0.5) is 11.4 Å². The summed E-state index contributed by atoms with van der Waals surface area (Å²) in [6, 6.07) is 20.0. The van der Waals surface area contributed by atoms with Gasteiger partial charge in [-0.05, 0) is 71.5 Å². The Bertz CT molecular complexity index is 898. The summed E-state index contributed by atoms with van der Waals surface area (Å²) in [4.78, 5) is 15.1. The molecule has 0 heterocycles. The summed E-state index contributed by atoms with van der Waals surface area (Å²) in [6.45, 7) is 6.15. The molecule has 1 N–H and O–H groups in total. The van der Waals surface area contributed by atoms with Gasteiger partial charge in [0.05, 0.1) is 5.69 Å². The lowest BCUT2D eigenvalue weighted by Crippen LogP contribution is -2.22. The van der Waals surface area contributed by atoms with Gasteiger partial charge >= 0.3 is 0 Å². The van der Waals surface area contributed by atoms with Crippen molar-refractivity contribution in [1.82, 2.24) is 0 Å². The molecule has 3 aromatic carbocycles. The fourth-order valence-electron chi connectivity index (χ4n) is 3.01. The van der Waals surface area contributed by atoms with Crippen LogP contribution in [-0.2, 0) is 0 Å². The number of anilines is 2. The molecule has 0 bridgehead atoms. The van der Waals surface area contributed by atoms with E-state index in [0.29, 0.717) is 5.56 Å². The van der Waals surface area contributed by atoms with Gasteiger partial charge in [0.2, 0.25) is 0 Å². The molecule has 3 nitrogen and oxygen atoms in total. The highest BCUT2D eigenvalue weighted by atomic mass is 127. The predicted molar refractivity (Wildman–Crippen MR) is 115 cm³/mol. The van der Waals surface area contributed by atoms with Crippen LogP contribution in [0.1, 0.15) is 24.2 Å². The maximum Gasteiger partial charge on any atom is 0.256 e. The first-order valence-corrected chi connectivity index (χ1v) is 9.55. The number of rotatable bonds is 5. The third-order valence-electron chi connectivity index (χ3n) is 4.36. The minimum absolute atomic E-state index is 0.0774. The summed E-state index contributed by atoms with van der Waals surface area (Å²) in [5.41, 5.74) is 2.67. The summed E-state index contributed by atoms with van der Waals surface area (Å²) in [7, 11) is 0. The molecule has 0 saturated carbocycles. The van der Waals surface area contributed by atoms with Crippen LogP contribution in [0.15, 0.2) is 60.7 Å². The van der Waals surface area contributed by atoms with E-state index < -0.39 is 0 Å². The fraction of sp³-hybridized carbons (Fsp3) is 0.190. The van der Waals surface area contributed by atoms with Crippen LogP contribution >= 0.6 is 22.6 Å². The van der Waals surface area contributed by atoms with Crippen molar-refractivity contribution >= 4 is 50.6 Å². The Hall–Kier alpha value is -2.08. The number of halogens is 1. The molecule has 4 heteroatoms. The van der Waals surface area contributed by atoms with E-state index in [1.54, 1.807) is 0 Å². The van der Waals surface area contributed by atoms with Gasteiger partial charge in [-0.25, -0.2) is 0 Å². The number of amides is 1. The Morgan fingerprint density at radius 1 is 1.00 bits per heavy atom. The summed E-state index contributed by atoms with van der Waals surface area (Å²) >= 11 is 2.26. The third-order valence-corrected chi connectivity index (χ3v) is 5.30. The van der Waals surface area contributed by atoms with E-state index in [9.17, 15) is 4.79 Å². The van der Waals surface area contributed by atoms with Crippen LogP contribution in [0, 0.1) is 3.57 Å². The van der Waals surface area contributed by atoms with Crippen molar-refractivity contribution < 1.29 is 4.79 Å². The molecule has 0 aliphatic rings. The van der Waals surface area contributed by atoms with Crippen molar-refractivity contribution in [1.29, 1.82) is 0 Å². The number of nitrogens with zero attached hydrogens (tertiary/aromatic N) is 1. The lowest BCUT2D eigenvalue weighted by molar-refractivity contribution is 0.102. The summed E-state index contributed by atoms with van der Waals surface area (Å²) < 4.78 is 1.03. The van der Waals surface area contributed by atoms with Gasteiger partial charge in [-0.15, -0.1) is 0 Å². The molecule has 0 aromatic heterocycles. The number of hydrogen-bond acceptors (Lipinski definition) is 2. The zero-order chi connectivity index (χ0) is 17.8. The molecule has 0 saturated heterocycles. The predicted octanol–water partition coefficient (Wildman–Crippen LogP) is 5.54. The average Bonchev–Trinajstić information content (AvgIpc) is 2.64. The van der Waals surface area contributed by atoms with E-state index in [1.807, 2.05) is 48.5 Å². The first-order valence-electron chi connectivity index (χ1n) is 8.47. The van der Waals surface area contributed by atoms with Gasteiger partial charge in [-0.1, -0.05) is 36.4 Å². The van der Waals surface area contributed by atoms with E-state index in [1.165, 1.54) is 0 Å². The van der Waals surface area contributed by atoms with Crippen LogP contribution in [0.3, 0.4) is 0 Å². The number of carbonyl (C=O) groups excluding carboxylic acids is 1. The normalized spacial score (nSPS) is 10.7. The number of benzene rings is 3. The Morgan fingerprint density at radius 2 is 1.72 bits per heavy atom. The van der Waals surface area contributed by atoms with Gasteiger partial charge in [-0.3, -0.25) is 4.79 Å². The standard InChI is InChI=1S/C21H21IN2O/c1-3-24(4-2)16-12-13-19(22)20(14-16)23-21(25)18-11-7-9-15-8-5-6-10-17(15)18/h5-14H,3-4H2,1-2H3,(H,23,25). The number of fused-ring (bicyclic) bond motifs is 1. The summed E-state index contributed by atoms with van der Waals surface area (Å²) in [5.74, 6) is -0.0774. The number of carbonyl (C=O) groups is 1. The second-order valence-corrected chi connectivity index (χ2v) is 6.98. The molecule has 3 aromatic rings. The molecule has 25 heavy (non-hydrogen) atoms. The molecule has 0 radical (unpaired) electrons. The van der Waals surface area contributed by atoms with E-state index in [4.69, 9.17) is 0 Å². The molecular weight excluding hydrogens is 423 g/mol. The van der Waals surface area contributed by atoms with Gasteiger partial charge in [0, 0.05) is 27.9 Å². The van der Waals surface area contributed by atoms with Crippen molar-refractivity contribution in [2.75, 3.05) is 23.3 Å². The molecule has 0 atom stereocenters. The van der Waals surface area contributed by atoms with Crippen LogP contribution in [0.5, 0.6) is 0 Å². The maximum atomic E-state index is 12.9. The SMILES string of the molecule is CCN(CC)c1ccc(I)c(NC(=O)c2cccc3ccccc23)c1. The molecule has 0 unspecified atom stereocenters. The molecule has 0 fully saturated rings. The van der Waals surface area contributed by atoms with Crippen LogP contribution in [-0.4, -0.2) is 19.0 Å². The zero-order valence-electron chi connectivity index (χ0n) is 14.4. The first-order chi connectivity index (χ1) is 12.1. The molecule has 3 rings (SSSR count). The van der Waals surface area contributed by atoms with Gasteiger partial charge in [0.1, 0.15) is 0 Å². The van der Waals surface area contributed by atoms with E-state index in [-0.39, 0.29) is 5.91 Å². The van der Waals surface area contributed by atoms with E-state index in [2.05, 4.69) is 58.8 Å². The molecule has 0 aliphatic carbocycles. The maximum absolute atomic E-state index is 12.9. The highest BCUT2D eigenvalue weighted by molar-refractivity contribution is 14.1.